The first-order chi connectivity index (χ1) is 14.5. The Morgan fingerprint density at radius 3 is 1.90 bits per heavy atom. The van der Waals surface area contributed by atoms with Crippen molar-refractivity contribution < 1.29 is 14.3 Å². The molecule has 8 heteroatoms. The summed E-state index contributed by atoms with van der Waals surface area (Å²) in [5, 5.41) is 23.5. The van der Waals surface area contributed by atoms with Crippen molar-refractivity contribution in [1.82, 2.24) is 4.98 Å². The molecule has 5 aromatic rings. The molecule has 3 aromatic carbocycles. The zero-order chi connectivity index (χ0) is 20.8. The lowest BCUT2D eigenvalue weighted by molar-refractivity contribution is -0.385. The highest BCUT2D eigenvalue weighted by Gasteiger charge is 2.12. The van der Waals surface area contributed by atoms with Gasteiger partial charge in [0.25, 0.3) is 11.4 Å². The topological polar surface area (TPSA) is 115 Å². The molecule has 8 nitrogen and oxygen atoms in total. The predicted octanol–water partition coefficient (Wildman–Crippen LogP) is 6.06. The number of furan rings is 1. The largest absolute Gasteiger partial charge is 0.456 e. The maximum absolute atomic E-state index is 10.8. The second-order valence-corrected chi connectivity index (χ2v) is 6.88. The summed E-state index contributed by atoms with van der Waals surface area (Å²) in [7, 11) is 0. The van der Waals surface area contributed by atoms with Crippen LogP contribution in [0.5, 0.6) is 0 Å². The molecule has 2 aromatic heterocycles. The molecule has 0 aliphatic rings. The molecular formula is C22H13N3O5. The summed E-state index contributed by atoms with van der Waals surface area (Å²) < 4.78 is 5.96. The van der Waals surface area contributed by atoms with E-state index >= 15 is 0 Å². The van der Waals surface area contributed by atoms with Crippen LogP contribution in [-0.4, -0.2) is 14.8 Å². The van der Waals surface area contributed by atoms with Crippen molar-refractivity contribution in [1.29, 1.82) is 0 Å². The summed E-state index contributed by atoms with van der Waals surface area (Å²) >= 11 is 0. The minimum atomic E-state index is -0.437. The van der Waals surface area contributed by atoms with Crippen LogP contribution in [0.4, 0.5) is 11.4 Å². The van der Waals surface area contributed by atoms with Gasteiger partial charge in [-0.15, -0.1) is 0 Å². The molecule has 0 aliphatic heterocycles. The fourth-order valence-corrected chi connectivity index (χ4v) is 3.47. The molecule has 0 saturated carbocycles. The Kier molecular flexibility index (Phi) is 3.85. The third kappa shape index (κ3) is 2.96. The van der Waals surface area contributed by atoms with Gasteiger partial charge < -0.3 is 9.40 Å². The van der Waals surface area contributed by atoms with E-state index in [-0.39, 0.29) is 11.4 Å². The van der Waals surface area contributed by atoms with Gasteiger partial charge in [-0.2, -0.15) is 0 Å². The molecule has 0 amide bonds. The number of nitrogens with one attached hydrogen (secondary N) is 1. The van der Waals surface area contributed by atoms with E-state index in [4.69, 9.17) is 4.42 Å². The monoisotopic (exact) mass is 399 g/mol. The highest BCUT2D eigenvalue weighted by Crippen LogP contribution is 2.33. The Bertz CT molecular complexity index is 1270. The van der Waals surface area contributed by atoms with Crippen LogP contribution >= 0.6 is 0 Å². The van der Waals surface area contributed by atoms with Crippen molar-refractivity contribution in [3.8, 4) is 22.6 Å². The number of nitro benzene ring substituents is 2. The van der Waals surface area contributed by atoms with Crippen LogP contribution in [-0.2, 0) is 0 Å². The Morgan fingerprint density at radius 1 is 0.700 bits per heavy atom. The number of hydrogen-bond donors (Lipinski definition) is 1. The third-order valence-electron chi connectivity index (χ3n) is 5.01. The molecule has 0 radical (unpaired) electrons. The Hall–Kier alpha value is -4.46. The zero-order valence-corrected chi connectivity index (χ0v) is 15.4. The van der Waals surface area contributed by atoms with Gasteiger partial charge >= 0.3 is 0 Å². The lowest BCUT2D eigenvalue weighted by Crippen LogP contribution is -1.87. The molecular weight excluding hydrogens is 386 g/mol. The maximum Gasteiger partial charge on any atom is 0.269 e. The number of fused-ring (bicyclic) bond motifs is 2. The first-order valence-corrected chi connectivity index (χ1v) is 9.04. The van der Waals surface area contributed by atoms with Crippen LogP contribution in [0, 0.1) is 20.2 Å². The molecule has 0 bridgehead atoms. The van der Waals surface area contributed by atoms with Crippen LogP contribution in [0.25, 0.3) is 44.5 Å². The smallest absolute Gasteiger partial charge is 0.269 e. The molecule has 1 N–H and O–H groups in total. The van der Waals surface area contributed by atoms with Gasteiger partial charge in [-0.25, -0.2) is 0 Å². The fraction of sp³-hybridized carbons (Fsp3) is 0. The number of benzene rings is 3. The van der Waals surface area contributed by atoms with E-state index in [9.17, 15) is 20.2 Å². The molecule has 0 saturated heterocycles. The first kappa shape index (κ1) is 17.6. The number of rotatable bonds is 4. The number of hydrogen-bond acceptors (Lipinski definition) is 5. The highest BCUT2D eigenvalue weighted by molar-refractivity contribution is 5.98. The lowest BCUT2D eigenvalue weighted by atomic mass is 10.1. The first-order valence-electron chi connectivity index (χ1n) is 9.04. The molecule has 0 unspecified atom stereocenters. The second kappa shape index (κ2) is 6.56. The number of nitrogens with zero attached hydrogens (tertiary/aromatic N) is 2. The average Bonchev–Trinajstić information content (AvgIpc) is 3.35. The van der Waals surface area contributed by atoms with Gasteiger partial charge in [-0.1, -0.05) is 0 Å². The molecule has 30 heavy (non-hydrogen) atoms. The van der Waals surface area contributed by atoms with Gasteiger partial charge in [0.05, 0.1) is 9.85 Å². The van der Waals surface area contributed by atoms with E-state index in [1.807, 2.05) is 24.3 Å². The van der Waals surface area contributed by atoms with Gasteiger partial charge in [0.1, 0.15) is 11.3 Å². The number of non-ortho nitro benzene ring substituents is 2. The third-order valence-corrected chi connectivity index (χ3v) is 5.01. The van der Waals surface area contributed by atoms with Crippen molar-refractivity contribution in [2.24, 2.45) is 0 Å². The summed E-state index contributed by atoms with van der Waals surface area (Å²) in [6.45, 7) is 0. The summed E-state index contributed by atoms with van der Waals surface area (Å²) in [5.74, 6) is 0.628. The quantitative estimate of drug-likeness (QED) is 0.291. The molecule has 146 valence electrons. The van der Waals surface area contributed by atoms with E-state index in [0.29, 0.717) is 11.3 Å². The molecule has 0 aliphatic carbocycles. The second-order valence-electron chi connectivity index (χ2n) is 6.88. The van der Waals surface area contributed by atoms with Crippen LogP contribution < -0.4 is 0 Å². The van der Waals surface area contributed by atoms with Gasteiger partial charge in [0.2, 0.25) is 0 Å². The SMILES string of the molecule is O=[N+]([O-])c1ccc(-c2cc3cc4oc(-c5ccc([N+](=O)[O-])cc5)cc4cc3[nH]2)cc1. The fourth-order valence-electron chi connectivity index (χ4n) is 3.47. The Morgan fingerprint density at radius 2 is 1.30 bits per heavy atom. The van der Waals surface area contributed by atoms with E-state index in [1.54, 1.807) is 24.3 Å². The Balaban J connectivity index is 1.51. The van der Waals surface area contributed by atoms with Crippen molar-refractivity contribution in [2.45, 2.75) is 0 Å². The number of aromatic nitrogens is 1. The minimum absolute atomic E-state index is 0.0296. The normalized spacial score (nSPS) is 11.2. The molecule has 0 fully saturated rings. The van der Waals surface area contributed by atoms with Crippen LogP contribution in [0.1, 0.15) is 0 Å². The number of H-pyrrole nitrogens is 1. The van der Waals surface area contributed by atoms with E-state index < -0.39 is 9.85 Å². The maximum atomic E-state index is 10.8. The van der Waals surface area contributed by atoms with Crippen molar-refractivity contribution in [3.05, 3.63) is 93.0 Å². The van der Waals surface area contributed by atoms with Gasteiger partial charge in [-0.05, 0) is 54.1 Å². The van der Waals surface area contributed by atoms with E-state index in [1.165, 1.54) is 24.3 Å². The number of nitro groups is 2. The number of aromatic amines is 1. The summed E-state index contributed by atoms with van der Waals surface area (Å²) in [5.41, 5.74) is 4.14. The van der Waals surface area contributed by atoms with Crippen molar-refractivity contribution in [2.75, 3.05) is 0 Å². The predicted molar refractivity (Wildman–Crippen MR) is 112 cm³/mol. The van der Waals surface area contributed by atoms with Crippen LogP contribution in [0.3, 0.4) is 0 Å². The van der Waals surface area contributed by atoms with Crippen molar-refractivity contribution in [3.63, 3.8) is 0 Å². The molecule has 5 rings (SSSR count). The summed E-state index contributed by atoms with van der Waals surface area (Å²) in [6.07, 6.45) is 0. The summed E-state index contributed by atoms with van der Waals surface area (Å²) in [6, 6.07) is 20.3. The highest BCUT2D eigenvalue weighted by atomic mass is 16.6. The van der Waals surface area contributed by atoms with E-state index in [2.05, 4.69) is 4.98 Å². The van der Waals surface area contributed by atoms with Gasteiger partial charge in [0, 0.05) is 51.8 Å². The standard InChI is InChI=1S/C22H13N3O5/c26-24(27)17-5-1-13(2-6-17)19-9-15-11-22-16(10-20(15)23-19)12-21(30-22)14-3-7-18(8-4-14)25(28)29/h1-12,23H. The van der Waals surface area contributed by atoms with Gasteiger partial charge in [0.15, 0.2) is 0 Å². The van der Waals surface area contributed by atoms with Gasteiger partial charge in [-0.3, -0.25) is 20.2 Å². The van der Waals surface area contributed by atoms with E-state index in [0.717, 1.165) is 33.1 Å². The van der Waals surface area contributed by atoms with Crippen molar-refractivity contribution >= 4 is 33.2 Å². The zero-order valence-electron chi connectivity index (χ0n) is 15.4. The average molecular weight is 399 g/mol. The molecule has 2 heterocycles. The lowest BCUT2D eigenvalue weighted by Gasteiger charge is -1.97. The van der Waals surface area contributed by atoms with Crippen LogP contribution in [0.2, 0.25) is 0 Å². The summed E-state index contributed by atoms with van der Waals surface area (Å²) in [4.78, 5) is 24.1. The minimum Gasteiger partial charge on any atom is -0.456 e. The molecule has 0 spiro atoms. The van der Waals surface area contributed by atoms with Crippen LogP contribution in [0.15, 0.2) is 77.2 Å². The Labute approximate surface area is 168 Å². The molecule has 0 atom stereocenters.